The number of hydrogen-bond donors (Lipinski definition) is 0. The highest BCUT2D eigenvalue weighted by Crippen LogP contribution is 2.32. The molecule has 0 unspecified atom stereocenters. The predicted octanol–water partition coefficient (Wildman–Crippen LogP) is 4.27. The Bertz CT molecular complexity index is 803. The van der Waals surface area contributed by atoms with Crippen LogP contribution >= 0.6 is 11.6 Å². The Balaban J connectivity index is 2.39. The second kappa shape index (κ2) is 5.77. The molecule has 0 spiro atoms. The van der Waals surface area contributed by atoms with Crippen LogP contribution in [-0.4, -0.2) is 8.42 Å². The van der Waals surface area contributed by atoms with Crippen molar-refractivity contribution in [3.8, 4) is 5.75 Å². The molecule has 0 saturated heterocycles. The van der Waals surface area contributed by atoms with E-state index in [4.69, 9.17) is 11.6 Å². The van der Waals surface area contributed by atoms with Gasteiger partial charge in [0.1, 0.15) is 16.5 Å². The molecule has 2 rings (SSSR count). The predicted molar refractivity (Wildman–Crippen MR) is 70.7 cm³/mol. The van der Waals surface area contributed by atoms with E-state index in [1.807, 2.05) is 0 Å². The average Bonchev–Trinajstić information content (AvgIpc) is 2.40. The van der Waals surface area contributed by atoms with Crippen molar-refractivity contribution in [2.24, 2.45) is 0 Å². The molecule has 0 heterocycles. The Kier molecular flexibility index (Phi) is 4.35. The van der Waals surface area contributed by atoms with Gasteiger partial charge in [0, 0.05) is 0 Å². The molecule has 0 atom stereocenters. The maximum atomic E-state index is 13.1. The van der Waals surface area contributed by atoms with E-state index < -0.39 is 38.3 Å². The minimum Gasteiger partial charge on any atom is -0.379 e. The van der Waals surface area contributed by atoms with Gasteiger partial charge in [0.2, 0.25) is 0 Å². The first kappa shape index (κ1) is 16.6. The molecule has 118 valence electrons. The van der Waals surface area contributed by atoms with Crippen LogP contribution in [0, 0.1) is 5.82 Å². The monoisotopic (exact) mass is 354 g/mol. The van der Waals surface area contributed by atoms with Crippen molar-refractivity contribution < 1.29 is 30.2 Å². The highest BCUT2D eigenvalue weighted by atomic mass is 35.5. The van der Waals surface area contributed by atoms with Gasteiger partial charge in [0.25, 0.3) is 0 Å². The molecule has 0 aliphatic carbocycles. The highest BCUT2D eigenvalue weighted by Gasteiger charge is 2.31. The summed E-state index contributed by atoms with van der Waals surface area (Å²) in [5, 5.41) is -0.312. The number of halogens is 5. The molecule has 0 bridgehead atoms. The van der Waals surface area contributed by atoms with Crippen molar-refractivity contribution in [1.82, 2.24) is 0 Å². The van der Waals surface area contributed by atoms with Crippen molar-refractivity contribution in [2.45, 2.75) is 11.1 Å². The number of benzene rings is 2. The molecule has 0 saturated carbocycles. The van der Waals surface area contributed by atoms with Crippen LogP contribution in [0.4, 0.5) is 17.6 Å². The third-order valence-corrected chi connectivity index (χ3v) is 4.26. The Labute approximate surface area is 128 Å². The SMILES string of the molecule is O=S(=O)(Oc1cccc(C(F)(F)F)c1)c1cc(F)ccc1Cl. The van der Waals surface area contributed by atoms with E-state index in [0.717, 1.165) is 30.3 Å². The second-order valence-corrected chi connectivity index (χ2v) is 6.06. The summed E-state index contributed by atoms with van der Waals surface area (Å²) in [7, 11) is -4.57. The summed E-state index contributed by atoms with van der Waals surface area (Å²) in [6, 6.07) is 5.84. The molecule has 0 aromatic heterocycles. The van der Waals surface area contributed by atoms with E-state index in [0.29, 0.717) is 12.1 Å². The van der Waals surface area contributed by atoms with Crippen LogP contribution in [-0.2, 0) is 16.3 Å². The van der Waals surface area contributed by atoms with Gasteiger partial charge in [0.15, 0.2) is 0 Å². The molecule has 9 heteroatoms. The molecule has 0 amide bonds. The van der Waals surface area contributed by atoms with E-state index in [2.05, 4.69) is 4.18 Å². The lowest BCUT2D eigenvalue weighted by Crippen LogP contribution is -2.12. The average molecular weight is 355 g/mol. The molecule has 2 aromatic rings. The van der Waals surface area contributed by atoms with Crippen LogP contribution in [0.2, 0.25) is 5.02 Å². The fraction of sp³-hybridized carbons (Fsp3) is 0.0769. The maximum Gasteiger partial charge on any atom is 0.416 e. The zero-order valence-corrected chi connectivity index (χ0v) is 12.1. The molecule has 3 nitrogen and oxygen atoms in total. The van der Waals surface area contributed by atoms with E-state index in [9.17, 15) is 26.0 Å². The van der Waals surface area contributed by atoms with Crippen LogP contribution in [0.25, 0.3) is 0 Å². The molecule has 0 radical (unpaired) electrons. The van der Waals surface area contributed by atoms with Crippen LogP contribution in [0.15, 0.2) is 47.4 Å². The maximum absolute atomic E-state index is 13.1. The fourth-order valence-electron chi connectivity index (χ4n) is 1.56. The third kappa shape index (κ3) is 3.69. The summed E-state index contributed by atoms with van der Waals surface area (Å²) in [4.78, 5) is -0.674. The quantitative estimate of drug-likeness (QED) is 0.611. The number of alkyl halides is 3. The van der Waals surface area contributed by atoms with Crippen molar-refractivity contribution in [1.29, 1.82) is 0 Å². The van der Waals surface area contributed by atoms with E-state index in [-0.39, 0.29) is 5.02 Å². The van der Waals surface area contributed by atoms with Gasteiger partial charge in [-0.15, -0.1) is 0 Å². The minimum absolute atomic E-state index is 0.312. The molecule has 0 fully saturated rings. The Morgan fingerprint density at radius 1 is 1.05 bits per heavy atom. The molecule has 0 aliphatic rings. The lowest BCUT2D eigenvalue weighted by molar-refractivity contribution is -0.137. The van der Waals surface area contributed by atoms with Crippen molar-refractivity contribution in [2.75, 3.05) is 0 Å². The van der Waals surface area contributed by atoms with Gasteiger partial charge in [-0.1, -0.05) is 17.7 Å². The minimum atomic E-state index is -4.65. The Morgan fingerprint density at radius 3 is 2.36 bits per heavy atom. The molecule has 0 N–H and O–H groups in total. The van der Waals surface area contributed by atoms with E-state index in [1.165, 1.54) is 0 Å². The largest absolute Gasteiger partial charge is 0.416 e. The summed E-state index contributed by atoms with van der Waals surface area (Å²) in [6.45, 7) is 0. The van der Waals surface area contributed by atoms with Gasteiger partial charge < -0.3 is 4.18 Å². The lowest BCUT2D eigenvalue weighted by Gasteiger charge is -2.11. The van der Waals surface area contributed by atoms with Crippen molar-refractivity contribution in [3.05, 3.63) is 58.9 Å². The van der Waals surface area contributed by atoms with Crippen LogP contribution in [0.3, 0.4) is 0 Å². The first-order valence-corrected chi connectivity index (χ1v) is 7.45. The van der Waals surface area contributed by atoms with Gasteiger partial charge >= 0.3 is 16.3 Å². The van der Waals surface area contributed by atoms with Crippen LogP contribution in [0.5, 0.6) is 5.75 Å². The normalized spacial score (nSPS) is 12.2. The van der Waals surface area contributed by atoms with Gasteiger partial charge in [-0.05, 0) is 36.4 Å². The lowest BCUT2D eigenvalue weighted by atomic mass is 10.2. The standard InChI is InChI=1S/C13H7ClF4O3S/c14-11-5-4-9(15)7-12(11)22(19,20)21-10-3-1-2-8(6-10)13(16,17)18/h1-7H. The van der Waals surface area contributed by atoms with Gasteiger partial charge in [-0.2, -0.15) is 21.6 Å². The zero-order chi connectivity index (χ0) is 16.5. The first-order valence-electron chi connectivity index (χ1n) is 5.66. The fourth-order valence-corrected chi connectivity index (χ4v) is 2.98. The van der Waals surface area contributed by atoms with Crippen LogP contribution in [0.1, 0.15) is 5.56 Å². The summed E-state index contributed by atoms with van der Waals surface area (Å²) in [5.41, 5.74) is -1.08. The number of hydrogen-bond acceptors (Lipinski definition) is 3. The molecular weight excluding hydrogens is 348 g/mol. The first-order chi connectivity index (χ1) is 10.1. The number of rotatable bonds is 3. The Morgan fingerprint density at radius 2 is 1.73 bits per heavy atom. The van der Waals surface area contributed by atoms with E-state index >= 15 is 0 Å². The smallest absolute Gasteiger partial charge is 0.379 e. The summed E-state index contributed by atoms with van der Waals surface area (Å²) in [5.74, 6) is -1.44. The van der Waals surface area contributed by atoms with Gasteiger partial charge in [0.05, 0.1) is 10.6 Å². The molecule has 2 aromatic carbocycles. The van der Waals surface area contributed by atoms with Crippen molar-refractivity contribution >= 4 is 21.7 Å². The topological polar surface area (TPSA) is 43.4 Å². The van der Waals surface area contributed by atoms with Crippen molar-refractivity contribution in [3.63, 3.8) is 0 Å². The Hall–Kier alpha value is -1.80. The summed E-state index contributed by atoms with van der Waals surface area (Å²) < 4.78 is 79.3. The van der Waals surface area contributed by atoms with E-state index in [1.54, 1.807) is 0 Å². The summed E-state index contributed by atoms with van der Waals surface area (Å²) >= 11 is 5.64. The molecular formula is C13H7ClF4O3S. The van der Waals surface area contributed by atoms with Crippen LogP contribution < -0.4 is 4.18 Å². The second-order valence-electron chi connectivity index (χ2n) is 4.14. The highest BCUT2D eigenvalue weighted by molar-refractivity contribution is 7.87. The van der Waals surface area contributed by atoms with Gasteiger partial charge in [-0.25, -0.2) is 4.39 Å². The zero-order valence-electron chi connectivity index (χ0n) is 10.6. The third-order valence-electron chi connectivity index (χ3n) is 2.53. The molecule has 0 aliphatic heterocycles. The molecule has 22 heavy (non-hydrogen) atoms. The van der Waals surface area contributed by atoms with Gasteiger partial charge in [-0.3, -0.25) is 0 Å². The summed E-state index contributed by atoms with van der Waals surface area (Å²) in [6.07, 6.45) is -4.65.